The second-order valence-corrected chi connectivity index (χ2v) is 4.12. The Morgan fingerprint density at radius 1 is 1.24 bits per heavy atom. The molecule has 0 unspecified atom stereocenters. The molecule has 0 saturated carbocycles. The number of nitrogens with zero attached hydrogens (tertiary/aromatic N) is 3. The van der Waals surface area contributed by atoms with E-state index in [2.05, 4.69) is 6.07 Å². The van der Waals surface area contributed by atoms with Crippen molar-refractivity contribution in [1.82, 2.24) is 4.90 Å². The van der Waals surface area contributed by atoms with Crippen LogP contribution in [0.2, 0.25) is 0 Å². The topological polar surface area (TPSA) is 47.3 Å². The second-order valence-electron chi connectivity index (χ2n) is 4.12. The Hall–Kier alpha value is -2.02. The van der Waals surface area contributed by atoms with Gasteiger partial charge in [0.1, 0.15) is 0 Å². The fourth-order valence-corrected chi connectivity index (χ4v) is 1.41. The Bertz CT molecular complexity index is 417. The van der Waals surface area contributed by atoms with Crippen molar-refractivity contribution in [2.45, 2.75) is 6.42 Å². The summed E-state index contributed by atoms with van der Waals surface area (Å²) < 4.78 is 0. The number of rotatable bonds is 4. The van der Waals surface area contributed by atoms with Crippen LogP contribution in [0, 0.1) is 11.3 Å². The van der Waals surface area contributed by atoms with Gasteiger partial charge in [-0.15, -0.1) is 0 Å². The third-order valence-corrected chi connectivity index (χ3v) is 2.60. The number of benzene rings is 1. The summed E-state index contributed by atoms with van der Waals surface area (Å²) in [5.74, 6) is 0.116. The highest BCUT2D eigenvalue weighted by Gasteiger charge is 2.06. The third kappa shape index (κ3) is 3.80. The van der Waals surface area contributed by atoms with Crippen LogP contribution < -0.4 is 4.90 Å². The fourth-order valence-electron chi connectivity index (χ4n) is 1.41. The Morgan fingerprint density at radius 3 is 2.29 bits per heavy atom. The van der Waals surface area contributed by atoms with Gasteiger partial charge in [-0.2, -0.15) is 5.26 Å². The van der Waals surface area contributed by atoms with E-state index in [1.54, 1.807) is 31.1 Å². The van der Waals surface area contributed by atoms with Gasteiger partial charge >= 0.3 is 0 Å². The normalized spacial score (nSPS) is 9.53. The minimum atomic E-state index is 0.116. The molecular weight excluding hydrogens is 214 g/mol. The van der Waals surface area contributed by atoms with E-state index in [0.29, 0.717) is 18.5 Å². The zero-order chi connectivity index (χ0) is 12.8. The molecule has 0 bridgehead atoms. The van der Waals surface area contributed by atoms with Crippen molar-refractivity contribution in [3.8, 4) is 6.07 Å². The van der Waals surface area contributed by atoms with Gasteiger partial charge < -0.3 is 9.80 Å². The van der Waals surface area contributed by atoms with Gasteiger partial charge in [0.25, 0.3) is 0 Å². The number of amides is 1. The first-order valence-corrected chi connectivity index (χ1v) is 5.46. The Labute approximate surface area is 102 Å². The smallest absolute Gasteiger partial charge is 0.223 e. The van der Waals surface area contributed by atoms with Crippen molar-refractivity contribution < 1.29 is 4.79 Å². The van der Waals surface area contributed by atoms with Gasteiger partial charge in [0, 0.05) is 39.8 Å². The molecule has 90 valence electrons. The SMILES string of the molecule is CN(C)C(=O)CCN(C)c1ccc(C#N)cc1. The summed E-state index contributed by atoms with van der Waals surface area (Å²) in [7, 11) is 5.44. The van der Waals surface area contributed by atoms with Crippen molar-refractivity contribution in [1.29, 1.82) is 5.26 Å². The van der Waals surface area contributed by atoms with Crippen molar-refractivity contribution in [2.24, 2.45) is 0 Å². The highest BCUT2D eigenvalue weighted by molar-refractivity contribution is 5.76. The average Bonchev–Trinajstić information content (AvgIpc) is 2.35. The van der Waals surface area contributed by atoms with Crippen LogP contribution in [-0.4, -0.2) is 38.5 Å². The maximum atomic E-state index is 11.4. The summed E-state index contributed by atoms with van der Waals surface area (Å²) in [6, 6.07) is 9.41. The van der Waals surface area contributed by atoms with Gasteiger partial charge in [-0.1, -0.05) is 0 Å². The highest BCUT2D eigenvalue weighted by Crippen LogP contribution is 2.13. The maximum absolute atomic E-state index is 11.4. The molecule has 0 heterocycles. The lowest BCUT2D eigenvalue weighted by Crippen LogP contribution is -2.27. The highest BCUT2D eigenvalue weighted by atomic mass is 16.2. The van der Waals surface area contributed by atoms with Crippen LogP contribution in [0.4, 0.5) is 5.69 Å². The van der Waals surface area contributed by atoms with Gasteiger partial charge in [-0.3, -0.25) is 4.79 Å². The van der Waals surface area contributed by atoms with Crippen LogP contribution in [0.5, 0.6) is 0 Å². The quantitative estimate of drug-likeness (QED) is 0.788. The van der Waals surface area contributed by atoms with E-state index in [4.69, 9.17) is 5.26 Å². The predicted octanol–water partition coefficient (Wildman–Crippen LogP) is 1.47. The molecule has 0 spiro atoms. The molecule has 4 heteroatoms. The molecule has 4 nitrogen and oxygen atoms in total. The lowest BCUT2D eigenvalue weighted by Gasteiger charge is -2.20. The van der Waals surface area contributed by atoms with Gasteiger partial charge in [-0.05, 0) is 24.3 Å². The summed E-state index contributed by atoms with van der Waals surface area (Å²) >= 11 is 0. The van der Waals surface area contributed by atoms with E-state index < -0.39 is 0 Å². The lowest BCUT2D eigenvalue weighted by molar-refractivity contribution is -0.128. The maximum Gasteiger partial charge on any atom is 0.223 e. The van der Waals surface area contributed by atoms with E-state index >= 15 is 0 Å². The number of carbonyl (C=O) groups is 1. The number of hydrogen-bond donors (Lipinski definition) is 0. The largest absolute Gasteiger partial charge is 0.374 e. The number of anilines is 1. The molecule has 1 aromatic rings. The number of carbonyl (C=O) groups excluding carboxylic acids is 1. The van der Waals surface area contributed by atoms with Crippen LogP contribution in [0.15, 0.2) is 24.3 Å². The van der Waals surface area contributed by atoms with Gasteiger partial charge in [0.15, 0.2) is 0 Å². The molecule has 0 aliphatic heterocycles. The van der Waals surface area contributed by atoms with E-state index in [1.807, 2.05) is 24.1 Å². The molecule has 0 aliphatic carbocycles. The Morgan fingerprint density at radius 2 is 1.82 bits per heavy atom. The van der Waals surface area contributed by atoms with Crippen LogP contribution in [-0.2, 0) is 4.79 Å². The summed E-state index contributed by atoms with van der Waals surface area (Å²) in [6.45, 7) is 0.670. The molecule has 1 rings (SSSR count). The first-order valence-electron chi connectivity index (χ1n) is 5.46. The third-order valence-electron chi connectivity index (χ3n) is 2.60. The average molecular weight is 231 g/mol. The molecule has 0 aromatic heterocycles. The zero-order valence-corrected chi connectivity index (χ0v) is 10.5. The van der Waals surface area contributed by atoms with E-state index in [1.165, 1.54) is 0 Å². The molecule has 0 aliphatic rings. The summed E-state index contributed by atoms with van der Waals surface area (Å²) in [4.78, 5) is 15.0. The van der Waals surface area contributed by atoms with Crippen LogP contribution in [0.1, 0.15) is 12.0 Å². The lowest BCUT2D eigenvalue weighted by atomic mass is 10.2. The first-order chi connectivity index (χ1) is 8.04. The second kappa shape index (κ2) is 5.90. The molecule has 0 N–H and O–H groups in total. The predicted molar refractivity (Wildman–Crippen MR) is 67.7 cm³/mol. The molecule has 1 amide bonds. The van der Waals surface area contributed by atoms with E-state index in [9.17, 15) is 4.79 Å². The monoisotopic (exact) mass is 231 g/mol. The van der Waals surface area contributed by atoms with Gasteiger partial charge in [0.2, 0.25) is 5.91 Å². The van der Waals surface area contributed by atoms with Crippen LogP contribution in [0.25, 0.3) is 0 Å². The molecular formula is C13H17N3O. The Kier molecular flexibility index (Phi) is 4.53. The van der Waals surface area contributed by atoms with Crippen molar-refractivity contribution >= 4 is 11.6 Å². The van der Waals surface area contributed by atoms with E-state index in [-0.39, 0.29) is 5.91 Å². The number of nitriles is 1. The summed E-state index contributed by atoms with van der Waals surface area (Å²) in [5.41, 5.74) is 1.65. The van der Waals surface area contributed by atoms with Crippen LogP contribution in [0.3, 0.4) is 0 Å². The molecule has 17 heavy (non-hydrogen) atoms. The molecule has 0 fully saturated rings. The molecule has 0 saturated heterocycles. The molecule has 0 radical (unpaired) electrons. The standard InChI is InChI=1S/C13H17N3O/c1-15(2)13(17)8-9-16(3)12-6-4-11(10-14)5-7-12/h4-7H,8-9H2,1-3H3. The molecule has 0 atom stereocenters. The first kappa shape index (κ1) is 13.0. The summed E-state index contributed by atoms with van der Waals surface area (Å²) in [6.07, 6.45) is 0.490. The summed E-state index contributed by atoms with van der Waals surface area (Å²) in [5, 5.41) is 8.69. The minimum absolute atomic E-state index is 0.116. The zero-order valence-electron chi connectivity index (χ0n) is 10.5. The van der Waals surface area contributed by atoms with Crippen molar-refractivity contribution in [2.75, 3.05) is 32.6 Å². The minimum Gasteiger partial charge on any atom is -0.374 e. The van der Waals surface area contributed by atoms with Gasteiger partial charge in [-0.25, -0.2) is 0 Å². The number of hydrogen-bond acceptors (Lipinski definition) is 3. The van der Waals surface area contributed by atoms with E-state index in [0.717, 1.165) is 5.69 Å². The van der Waals surface area contributed by atoms with Crippen molar-refractivity contribution in [3.63, 3.8) is 0 Å². The fraction of sp³-hybridized carbons (Fsp3) is 0.385. The molecule has 1 aromatic carbocycles. The van der Waals surface area contributed by atoms with Crippen molar-refractivity contribution in [3.05, 3.63) is 29.8 Å². The Balaban J connectivity index is 2.55. The van der Waals surface area contributed by atoms with Gasteiger partial charge in [0.05, 0.1) is 11.6 Å². The van der Waals surface area contributed by atoms with Crippen LogP contribution >= 0.6 is 0 Å².